The minimum absolute atomic E-state index is 0.0876. The van der Waals surface area contributed by atoms with Crippen LogP contribution in [0.3, 0.4) is 0 Å². The second-order valence-corrected chi connectivity index (χ2v) is 8.44. The third-order valence-electron chi connectivity index (χ3n) is 4.13. The predicted octanol–water partition coefficient (Wildman–Crippen LogP) is 5.06. The summed E-state index contributed by atoms with van der Waals surface area (Å²) in [7, 11) is -3.94. The van der Waals surface area contributed by atoms with Gasteiger partial charge in [0.15, 0.2) is 0 Å². The molecule has 2 aromatic carbocycles. The van der Waals surface area contributed by atoms with Crippen LogP contribution in [0.25, 0.3) is 5.57 Å². The van der Waals surface area contributed by atoms with Crippen LogP contribution < -0.4 is 0 Å². The standard InChI is InChI=1S/C20H19NO3S2/c1-14-8-10-17(11-9-14)26(22,23)24-21-20-19(12-13-25-20)16(3)18-7-5-4-6-15(18)2/h4-13H,1-3H3/b19-16+,21-20-. The summed E-state index contributed by atoms with van der Waals surface area (Å²) in [5.41, 5.74) is 5.12. The van der Waals surface area contributed by atoms with Crippen LogP contribution in [0.15, 0.2) is 75.6 Å². The van der Waals surface area contributed by atoms with Gasteiger partial charge in [0.05, 0.1) is 0 Å². The average Bonchev–Trinajstić information content (AvgIpc) is 3.09. The van der Waals surface area contributed by atoms with Gasteiger partial charge in [-0.3, -0.25) is 4.28 Å². The third-order valence-corrected chi connectivity index (χ3v) is 6.04. The highest BCUT2D eigenvalue weighted by molar-refractivity contribution is 8.17. The van der Waals surface area contributed by atoms with Crippen molar-refractivity contribution in [2.24, 2.45) is 5.16 Å². The third kappa shape index (κ3) is 3.92. The van der Waals surface area contributed by atoms with Gasteiger partial charge in [0.25, 0.3) is 0 Å². The van der Waals surface area contributed by atoms with Gasteiger partial charge in [0.1, 0.15) is 9.94 Å². The molecular formula is C20H19NO3S2. The summed E-state index contributed by atoms with van der Waals surface area (Å²) >= 11 is 1.34. The van der Waals surface area contributed by atoms with Crippen molar-refractivity contribution < 1.29 is 12.7 Å². The summed E-state index contributed by atoms with van der Waals surface area (Å²) < 4.78 is 29.6. The summed E-state index contributed by atoms with van der Waals surface area (Å²) in [5.74, 6) is 0. The summed E-state index contributed by atoms with van der Waals surface area (Å²) in [4.78, 5) is 0.0876. The molecule has 0 N–H and O–H groups in total. The molecule has 0 atom stereocenters. The lowest BCUT2D eigenvalue weighted by Crippen LogP contribution is -2.05. The van der Waals surface area contributed by atoms with Crippen molar-refractivity contribution in [1.29, 1.82) is 0 Å². The fraction of sp³-hybridized carbons (Fsp3) is 0.150. The van der Waals surface area contributed by atoms with Crippen LogP contribution in [0, 0.1) is 13.8 Å². The number of aryl methyl sites for hydroxylation is 2. The highest BCUT2D eigenvalue weighted by Crippen LogP contribution is 2.32. The quantitative estimate of drug-likeness (QED) is 0.691. The van der Waals surface area contributed by atoms with Crippen molar-refractivity contribution in [3.8, 4) is 0 Å². The van der Waals surface area contributed by atoms with E-state index in [2.05, 4.69) is 5.16 Å². The molecule has 3 rings (SSSR count). The van der Waals surface area contributed by atoms with Gasteiger partial charge < -0.3 is 0 Å². The fourth-order valence-electron chi connectivity index (χ4n) is 2.63. The number of benzene rings is 2. The van der Waals surface area contributed by atoms with Crippen molar-refractivity contribution in [2.45, 2.75) is 25.7 Å². The zero-order valence-corrected chi connectivity index (χ0v) is 16.4. The second kappa shape index (κ2) is 7.51. The first-order chi connectivity index (χ1) is 12.4. The minimum Gasteiger partial charge on any atom is -0.264 e. The van der Waals surface area contributed by atoms with Gasteiger partial charge in [0.2, 0.25) is 0 Å². The summed E-state index contributed by atoms with van der Waals surface area (Å²) in [6, 6.07) is 14.5. The van der Waals surface area contributed by atoms with Crippen LogP contribution in [0.5, 0.6) is 0 Å². The number of hydrogen-bond donors (Lipinski definition) is 0. The van der Waals surface area contributed by atoms with Gasteiger partial charge in [-0.2, -0.15) is 8.42 Å². The zero-order chi connectivity index (χ0) is 18.7. The largest absolute Gasteiger partial charge is 0.358 e. The predicted molar refractivity (Wildman–Crippen MR) is 107 cm³/mol. The Bertz CT molecular complexity index is 1020. The Morgan fingerprint density at radius 2 is 1.73 bits per heavy atom. The number of allylic oxidation sites excluding steroid dienone is 2. The lowest BCUT2D eigenvalue weighted by atomic mass is 9.98. The summed E-state index contributed by atoms with van der Waals surface area (Å²) in [6.45, 7) is 5.93. The number of thioether (sulfide) groups is 1. The van der Waals surface area contributed by atoms with Crippen LogP contribution in [0.2, 0.25) is 0 Å². The summed E-state index contributed by atoms with van der Waals surface area (Å²) in [6.07, 6.45) is 1.92. The van der Waals surface area contributed by atoms with E-state index in [9.17, 15) is 8.42 Å². The molecule has 0 aliphatic carbocycles. The first-order valence-corrected chi connectivity index (χ1v) is 10.4. The minimum atomic E-state index is -3.94. The molecule has 1 aliphatic heterocycles. The van der Waals surface area contributed by atoms with E-state index < -0.39 is 10.1 Å². The van der Waals surface area contributed by atoms with Crippen molar-refractivity contribution in [2.75, 3.05) is 0 Å². The summed E-state index contributed by atoms with van der Waals surface area (Å²) in [5, 5.41) is 6.32. The maximum Gasteiger partial charge on any atom is 0.358 e. The molecule has 26 heavy (non-hydrogen) atoms. The van der Waals surface area contributed by atoms with Crippen LogP contribution in [-0.4, -0.2) is 13.5 Å². The van der Waals surface area contributed by atoms with Gasteiger partial charge in [-0.1, -0.05) is 58.9 Å². The van der Waals surface area contributed by atoms with Crippen molar-refractivity contribution >= 4 is 32.5 Å². The lowest BCUT2D eigenvalue weighted by molar-refractivity contribution is 0.340. The van der Waals surface area contributed by atoms with Gasteiger partial charge in [0, 0.05) is 5.57 Å². The van der Waals surface area contributed by atoms with E-state index in [1.807, 2.05) is 56.5 Å². The molecule has 0 saturated carbocycles. The van der Waals surface area contributed by atoms with Gasteiger partial charge in [-0.05, 0) is 61.1 Å². The molecule has 0 fully saturated rings. The molecular weight excluding hydrogens is 366 g/mol. The molecule has 0 aromatic heterocycles. The number of rotatable bonds is 4. The topological polar surface area (TPSA) is 55.7 Å². The molecule has 0 saturated heterocycles. The zero-order valence-electron chi connectivity index (χ0n) is 14.8. The van der Waals surface area contributed by atoms with Crippen molar-refractivity contribution in [1.82, 2.24) is 0 Å². The maximum atomic E-state index is 12.3. The molecule has 1 aliphatic rings. The molecule has 134 valence electrons. The van der Waals surface area contributed by atoms with E-state index in [0.717, 1.165) is 27.8 Å². The van der Waals surface area contributed by atoms with E-state index in [-0.39, 0.29) is 4.90 Å². The molecule has 6 heteroatoms. The molecule has 0 amide bonds. The molecule has 0 spiro atoms. The smallest absolute Gasteiger partial charge is 0.264 e. The van der Waals surface area contributed by atoms with Gasteiger partial charge >= 0.3 is 10.1 Å². The molecule has 1 heterocycles. The monoisotopic (exact) mass is 385 g/mol. The normalized spacial score (nSPS) is 17.6. The van der Waals surface area contributed by atoms with Gasteiger partial charge in [-0.25, -0.2) is 0 Å². The Balaban J connectivity index is 1.90. The highest BCUT2D eigenvalue weighted by Gasteiger charge is 2.20. The Morgan fingerprint density at radius 1 is 1.04 bits per heavy atom. The first kappa shape index (κ1) is 18.5. The van der Waals surface area contributed by atoms with Crippen LogP contribution in [0.4, 0.5) is 0 Å². The van der Waals surface area contributed by atoms with E-state index in [1.165, 1.54) is 23.9 Å². The Kier molecular flexibility index (Phi) is 5.34. The number of hydrogen-bond acceptors (Lipinski definition) is 5. The van der Waals surface area contributed by atoms with Crippen LogP contribution in [0.1, 0.15) is 23.6 Å². The average molecular weight is 386 g/mol. The van der Waals surface area contributed by atoms with Crippen LogP contribution in [-0.2, 0) is 14.4 Å². The molecule has 0 radical (unpaired) electrons. The number of oxime groups is 1. The van der Waals surface area contributed by atoms with E-state index in [4.69, 9.17) is 4.28 Å². The van der Waals surface area contributed by atoms with E-state index >= 15 is 0 Å². The highest BCUT2D eigenvalue weighted by atomic mass is 32.2. The molecule has 0 unspecified atom stereocenters. The second-order valence-electron chi connectivity index (χ2n) is 6.01. The molecule has 0 bridgehead atoms. The SMILES string of the molecule is C/C(=C1/C=CS/C1=N\OS(=O)(=O)c1ccc(C)cc1)c1ccccc1C. The fourth-order valence-corrected chi connectivity index (χ4v) is 4.16. The maximum absolute atomic E-state index is 12.3. The van der Waals surface area contributed by atoms with Crippen molar-refractivity contribution in [3.63, 3.8) is 0 Å². The molecule has 4 nitrogen and oxygen atoms in total. The Hall–Kier alpha value is -2.31. The van der Waals surface area contributed by atoms with Gasteiger partial charge in [-0.15, -0.1) is 0 Å². The van der Waals surface area contributed by atoms with E-state index in [0.29, 0.717) is 5.04 Å². The lowest BCUT2D eigenvalue weighted by Gasteiger charge is -2.09. The Morgan fingerprint density at radius 3 is 2.42 bits per heavy atom. The first-order valence-electron chi connectivity index (χ1n) is 8.07. The number of nitrogens with zero attached hydrogens (tertiary/aromatic N) is 1. The Labute approximate surface area is 158 Å². The van der Waals surface area contributed by atoms with Crippen LogP contribution >= 0.6 is 11.8 Å². The van der Waals surface area contributed by atoms with E-state index in [1.54, 1.807) is 12.1 Å². The van der Waals surface area contributed by atoms with Crippen molar-refractivity contribution in [3.05, 3.63) is 82.3 Å². The molecule has 2 aromatic rings.